The van der Waals surface area contributed by atoms with Crippen LogP contribution in [0.15, 0.2) is 41.7 Å². The van der Waals surface area contributed by atoms with E-state index in [0.29, 0.717) is 6.54 Å². The number of carbonyl (C=O) groups is 2. The van der Waals surface area contributed by atoms with Crippen LogP contribution in [0.25, 0.3) is 0 Å². The van der Waals surface area contributed by atoms with Crippen LogP contribution in [0, 0.1) is 0 Å². The maximum Gasteiger partial charge on any atom is 0.341 e. The quantitative estimate of drug-likeness (QED) is 0.540. The first-order valence-electron chi connectivity index (χ1n) is 6.35. The van der Waals surface area contributed by atoms with E-state index in [-0.39, 0.29) is 28.2 Å². The van der Waals surface area contributed by atoms with Gasteiger partial charge in [-0.05, 0) is 5.56 Å². The van der Waals surface area contributed by atoms with Crippen molar-refractivity contribution in [1.29, 1.82) is 0 Å². The van der Waals surface area contributed by atoms with Crippen LogP contribution in [0.5, 0.6) is 0 Å². The Bertz CT molecular complexity index is 679. The van der Waals surface area contributed by atoms with Gasteiger partial charge in [0.05, 0.1) is 5.75 Å². The Kier molecular flexibility index (Phi) is 5.31. The second-order valence-corrected chi connectivity index (χ2v) is 5.25. The molecule has 0 atom stereocenters. The molecule has 0 saturated heterocycles. The molecule has 0 aliphatic rings. The monoisotopic (exact) mass is 318 g/mol. The van der Waals surface area contributed by atoms with Crippen molar-refractivity contribution in [3.63, 3.8) is 0 Å². The van der Waals surface area contributed by atoms with Crippen molar-refractivity contribution in [1.82, 2.24) is 15.3 Å². The molecule has 0 bridgehead atoms. The number of nitrogens with two attached hydrogens (primary N) is 1. The van der Waals surface area contributed by atoms with Crippen molar-refractivity contribution >= 4 is 29.5 Å². The maximum absolute atomic E-state index is 11.7. The SMILES string of the molecule is Nc1nc(SCC(=O)NCc2ccccc2)ncc1C(=O)O. The average molecular weight is 318 g/mol. The Morgan fingerprint density at radius 2 is 2.00 bits per heavy atom. The van der Waals surface area contributed by atoms with Crippen LogP contribution >= 0.6 is 11.8 Å². The molecule has 2 aromatic rings. The number of carboxylic acids is 1. The van der Waals surface area contributed by atoms with Crippen molar-refractivity contribution in [2.75, 3.05) is 11.5 Å². The predicted octanol–water partition coefficient (Wildman–Crippen LogP) is 1.17. The summed E-state index contributed by atoms with van der Waals surface area (Å²) in [4.78, 5) is 30.2. The third-order valence-electron chi connectivity index (χ3n) is 2.69. The van der Waals surface area contributed by atoms with E-state index in [1.807, 2.05) is 30.3 Å². The molecule has 0 aliphatic heterocycles. The molecule has 1 amide bonds. The second-order valence-electron chi connectivity index (χ2n) is 4.31. The highest BCUT2D eigenvalue weighted by molar-refractivity contribution is 7.99. The van der Waals surface area contributed by atoms with E-state index in [2.05, 4.69) is 15.3 Å². The summed E-state index contributed by atoms with van der Waals surface area (Å²) in [5, 5.41) is 11.9. The van der Waals surface area contributed by atoms with Gasteiger partial charge in [-0.25, -0.2) is 14.8 Å². The smallest absolute Gasteiger partial charge is 0.341 e. The molecular weight excluding hydrogens is 304 g/mol. The Hall–Kier alpha value is -2.61. The highest BCUT2D eigenvalue weighted by Gasteiger charge is 2.12. The van der Waals surface area contributed by atoms with E-state index in [0.717, 1.165) is 23.5 Å². The molecule has 1 aromatic carbocycles. The first kappa shape index (κ1) is 15.8. The van der Waals surface area contributed by atoms with E-state index in [1.54, 1.807) is 0 Å². The average Bonchev–Trinajstić information content (AvgIpc) is 2.51. The fraction of sp³-hybridized carbons (Fsp3) is 0.143. The van der Waals surface area contributed by atoms with Crippen molar-refractivity contribution in [3.8, 4) is 0 Å². The zero-order chi connectivity index (χ0) is 15.9. The largest absolute Gasteiger partial charge is 0.477 e. The minimum absolute atomic E-state index is 0.116. The number of carbonyl (C=O) groups excluding carboxylic acids is 1. The van der Waals surface area contributed by atoms with Crippen LogP contribution in [0.1, 0.15) is 15.9 Å². The van der Waals surface area contributed by atoms with Gasteiger partial charge in [0.1, 0.15) is 11.4 Å². The van der Waals surface area contributed by atoms with E-state index >= 15 is 0 Å². The lowest BCUT2D eigenvalue weighted by Gasteiger charge is -2.05. The predicted molar refractivity (Wildman–Crippen MR) is 82.4 cm³/mol. The lowest BCUT2D eigenvalue weighted by molar-refractivity contribution is -0.118. The summed E-state index contributed by atoms with van der Waals surface area (Å²) in [6.45, 7) is 0.446. The summed E-state index contributed by atoms with van der Waals surface area (Å²) in [7, 11) is 0. The van der Waals surface area contributed by atoms with Crippen molar-refractivity contribution < 1.29 is 14.7 Å². The van der Waals surface area contributed by atoms with Crippen LogP contribution < -0.4 is 11.1 Å². The number of amides is 1. The van der Waals surface area contributed by atoms with Crippen LogP contribution in [0.4, 0.5) is 5.82 Å². The summed E-state index contributed by atoms with van der Waals surface area (Å²) in [5.74, 6) is -1.35. The standard InChI is InChI=1S/C14H14N4O3S/c15-12-10(13(20)21)7-17-14(18-12)22-8-11(19)16-6-9-4-2-1-3-5-9/h1-5,7H,6,8H2,(H,16,19)(H,20,21)(H2,15,17,18). The van der Waals surface area contributed by atoms with Crippen LogP contribution in [-0.4, -0.2) is 32.7 Å². The molecular formula is C14H14N4O3S. The third-order valence-corrected chi connectivity index (χ3v) is 3.55. The summed E-state index contributed by atoms with van der Waals surface area (Å²) in [6, 6.07) is 9.54. The molecule has 8 heteroatoms. The normalized spacial score (nSPS) is 10.2. The number of benzene rings is 1. The number of rotatable bonds is 6. The van der Waals surface area contributed by atoms with Gasteiger partial charge in [-0.3, -0.25) is 4.79 Å². The van der Waals surface area contributed by atoms with Crippen LogP contribution in [0.2, 0.25) is 0 Å². The fourth-order valence-electron chi connectivity index (χ4n) is 1.59. The van der Waals surface area contributed by atoms with Gasteiger partial charge in [-0.2, -0.15) is 0 Å². The van der Waals surface area contributed by atoms with Gasteiger partial charge in [0, 0.05) is 12.7 Å². The van der Waals surface area contributed by atoms with Gasteiger partial charge >= 0.3 is 5.97 Å². The number of aromatic nitrogens is 2. The first-order chi connectivity index (χ1) is 10.6. The van der Waals surface area contributed by atoms with Gasteiger partial charge < -0.3 is 16.2 Å². The van der Waals surface area contributed by atoms with E-state index in [9.17, 15) is 9.59 Å². The number of hydrogen-bond acceptors (Lipinski definition) is 6. The minimum atomic E-state index is -1.19. The Morgan fingerprint density at radius 3 is 2.64 bits per heavy atom. The van der Waals surface area contributed by atoms with Gasteiger partial charge in [-0.15, -0.1) is 0 Å². The summed E-state index contributed by atoms with van der Waals surface area (Å²) >= 11 is 1.09. The van der Waals surface area contributed by atoms with Crippen molar-refractivity contribution in [2.24, 2.45) is 0 Å². The molecule has 0 saturated carbocycles. The number of thioether (sulfide) groups is 1. The molecule has 114 valence electrons. The zero-order valence-electron chi connectivity index (χ0n) is 11.5. The van der Waals surface area contributed by atoms with Crippen molar-refractivity contribution in [2.45, 2.75) is 11.7 Å². The Labute approximate surface area is 131 Å². The summed E-state index contributed by atoms with van der Waals surface area (Å²) < 4.78 is 0. The Balaban J connectivity index is 1.83. The number of nitrogen functional groups attached to an aromatic ring is 1. The molecule has 7 nitrogen and oxygen atoms in total. The molecule has 22 heavy (non-hydrogen) atoms. The van der Waals surface area contributed by atoms with Gasteiger partial charge in [0.25, 0.3) is 0 Å². The molecule has 0 spiro atoms. The lowest BCUT2D eigenvalue weighted by Crippen LogP contribution is -2.24. The number of carboxylic acid groups (broad SMARTS) is 1. The molecule has 0 aliphatic carbocycles. The van der Waals surface area contributed by atoms with Gasteiger partial charge in [0.2, 0.25) is 5.91 Å². The molecule has 1 aromatic heterocycles. The van der Waals surface area contributed by atoms with Crippen molar-refractivity contribution in [3.05, 3.63) is 47.7 Å². The van der Waals surface area contributed by atoms with E-state index in [4.69, 9.17) is 10.8 Å². The molecule has 1 heterocycles. The molecule has 0 unspecified atom stereocenters. The topological polar surface area (TPSA) is 118 Å². The van der Waals surface area contributed by atoms with Crippen LogP contribution in [-0.2, 0) is 11.3 Å². The highest BCUT2D eigenvalue weighted by atomic mass is 32.2. The van der Waals surface area contributed by atoms with Gasteiger partial charge in [-0.1, -0.05) is 42.1 Å². The Morgan fingerprint density at radius 1 is 1.27 bits per heavy atom. The maximum atomic E-state index is 11.7. The third kappa shape index (κ3) is 4.45. The zero-order valence-corrected chi connectivity index (χ0v) is 12.3. The number of aromatic carboxylic acids is 1. The number of hydrogen-bond donors (Lipinski definition) is 3. The fourth-order valence-corrected chi connectivity index (χ4v) is 2.24. The molecule has 0 fully saturated rings. The molecule has 4 N–H and O–H groups in total. The summed E-state index contributed by atoms with van der Waals surface area (Å²) in [6.07, 6.45) is 1.13. The lowest BCUT2D eigenvalue weighted by atomic mass is 10.2. The highest BCUT2D eigenvalue weighted by Crippen LogP contribution is 2.16. The van der Waals surface area contributed by atoms with E-state index < -0.39 is 5.97 Å². The number of nitrogens with one attached hydrogen (secondary N) is 1. The number of nitrogens with zero attached hydrogens (tertiary/aromatic N) is 2. The van der Waals surface area contributed by atoms with E-state index in [1.165, 1.54) is 0 Å². The summed E-state index contributed by atoms with van der Waals surface area (Å²) in [5.41, 5.74) is 6.37. The second kappa shape index (κ2) is 7.41. The molecule has 2 rings (SSSR count). The number of anilines is 1. The first-order valence-corrected chi connectivity index (χ1v) is 7.34. The van der Waals surface area contributed by atoms with Gasteiger partial charge in [0.15, 0.2) is 5.16 Å². The van der Waals surface area contributed by atoms with Crippen LogP contribution in [0.3, 0.4) is 0 Å². The minimum Gasteiger partial charge on any atom is -0.477 e. The molecule has 0 radical (unpaired) electrons.